The van der Waals surface area contributed by atoms with E-state index in [0.29, 0.717) is 23.2 Å². The number of H-pyrrole nitrogens is 1. The number of amides is 1. The molecule has 1 aromatic heterocycles. The second-order valence-electron chi connectivity index (χ2n) is 6.57. The zero-order valence-electron chi connectivity index (χ0n) is 17.0. The Kier molecular flexibility index (Phi) is 6.95. The number of nitrogens with zero attached hydrogens (tertiary/aromatic N) is 1. The Bertz CT molecular complexity index is 1260. The topological polar surface area (TPSA) is 88.2 Å². The van der Waals surface area contributed by atoms with Crippen molar-refractivity contribution in [2.24, 2.45) is 0 Å². The number of alkyl halides is 3. The molecule has 0 aliphatic rings. The number of hydrogen-bond donors (Lipinski definition) is 2. The highest BCUT2D eigenvalue weighted by molar-refractivity contribution is 8.00. The highest BCUT2D eigenvalue weighted by Crippen LogP contribution is 2.38. The van der Waals surface area contributed by atoms with Crippen molar-refractivity contribution >= 4 is 23.4 Å². The quantitative estimate of drug-likeness (QED) is 0.226. The number of nitrogens with one attached hydrogen (secondary N) is 2. The molecule has 182 valence electrons. The molecule has 0 saturated heterocycles. The predicted octanol–water partition coefficient (Wildman–Crippen LogP) is 3.95. The number of carbonyl (C=O) groups excluding carboxylic acids is 1. The summed E-state index contributed by atoms with van der Waals surface area (Å²) in [6.07, 6.45) is -5.72. The van der Waals surface area contributed by atoms with Crippen molar-refractivity contribution in [3.05, 3.63) is 63.5 Å². The number of aromatic nitrogens is 2. The van der Waals surface area contributed by atoms with Crippen LogP contribution in [0.2, 0.25) is 0 Å². The summed E-state index contributed by atoms with van der Waals surface area (Å²) in [4.78, 5) is 24.4. The molecule has 0 aliphatic heterocycles. The Morgan fingerprint density at radius 2 is 1.65 bits per heavy atom. The number of rotatable bonds is 6. The van der Waals surface area contributed by atoms with Gasteiger partial charge in [-0.25, -0.2) is 22.4 Å². The first-order chi connectivity index (χ1) is 15.9. The van der Waals surface area contributed by atoms with Gasteiger partial charge in [0.15, 0.2) is 23.3 Å². The minimum atomic E-state index is -5.72. The van der Waals surface area contributed by atoms with Gasteiger partial charge < -0.3 is 10.1 Å². The maximum atomic E-state index is 14.1. The summed E-state index contributed by atoms with van der Waals surface area (Å²) in [7, 11) is 1.43. The summed E-state index contributed by atoms with van der Waals surface area (Å²) in [6.45, 7) is 1.16. The van der Waals surface area contributed by atoms with E-state index in [2.05, 4.69) is 5.27 Å². The molecule has 2 N–H and O–H groups in total. The van der Waals surface area contributed by atoms with Crippen LogP contribution in [0.5, 0.6) is 5.75 Å². The first kappa shape index (κ1) is 25.1. The van der Waals surface area contributed by atoms with E-state index in [0.717, 1.165) is 11.6 Å². The predicted molar refractivity (Wildman–Crippen MR) is 103 cm³/mol. The summed E-state index contributed by atoms with van der Waals surface area (Å²) < 4.78 is 105. The molecule has 0 spiro atoms. The van der Waals surface area contributed by atoms with Crippen LogP contribution in [0.25, 0.3) is 5.69 Å². The van der Waals surface area contributed by atoms with E-state index in [1.807, 2.05) is 0 Å². The van der Waals surface area contributed by atoms with Crippen LogP contribution in [0, 0.1) is 23.3 Å². The van der Waals surface area contributed by atoms with E-state index in [-0.39, 0.29) is 5.03 Å². The number of anilines is 1. The lowest BCUT2D eigenvalue weighted by Gasteiger charge is -2.15. The molecule has 15 heteroatoms. The molecule has 3 aromatic rings. The second-order valence-corrected chi connectivity index (χ2v) is 7.90. The molecule has 0 saturated carbocycles. The summed E-state index contributed by atoms with van der Waals surface area (Å²) in [5.41, 5.74) is -5.08. The monoisotopic (exact) mass is 512 g/mol. The fourth-order valence-corrected chi connectivity index (χ4v) is 3.59. The Morgan fingerprint density at radius 1 is 1.09 bits per heavy atom. The molecule has 0 aliphatic carbocycles. The lowest BCUT2D eigenvalue weighted by Crippen LogP contribution is -2.37. The molecule has 7 nitrogen and oxygen atoms in total. The SMILES string of the molecule is COc1ccc(-[n+]2[nH]oc(=O)c2SC(C)C(=O)Nc2c(F)c(F)c(C(F)(F)F)c(F)c2F)cc1. The van der Waals surface area contributed by atoms with Crippen LogP contribution in [0.15, 0.2) is 38.6 Å². The Labute approximate surface area is 189 Å². The molecule has 2 aromatic carbocycles. The van der Waals surface area contributed by atoms with Crippen molar-refractivity contribution in [3.63, 3.8) is 0 Å². The van der Waals surface area contributed by atoms with Gasteiger partial charge >= 0.3 is 16.8 Å². The first-order valence-corrected chi connectivity index (χ1v) is 9.93. The molecule has 1 heterocycles. The molecule has 1 amide bonds. The molecule has 0 bridgehead atoms. The minimum absolute atomic E-state index is 0.196. The summed E-state index contributed by atoms with van der Waals surface area (Å²) in [5, 5.41) is 2.27. The zero-order valence-corrected chi connectivity index (χ0v) is 17.8. The smallest absolute Gasteiger partial charge is 0.442 e. The Balaban J connectivity index is 1.87. The van der Waals surface area contributed by atoms with Crippen LogP contribution in [0.3, 0.4) is 0 Å². The van der Waals surface area contributed by atoms with Gasteiger partial charge in [0.05, 0.1) is 12.4 Å². The average Bonchev–Trinajstić information content (AvgIpc) is 3.14. The lowest BCUT2D eigenvalue weighted by molar-refractivity contribution is -0.704. The van der Waals surface area contributed by atoms with Gasteiger partial charge in [-0.15, -0.1) is 0 Å². The fraction of sp³-hybridized carbons (Fsp3) is 0.211. The van der Waals surface area contributed by atoms with Gasteiger partial charge in [0, 0.05) is 12.1 Å². The molecule has 0 fully saturated rings. The Hall–Kier alpha value is -3.49. The van der Waals surface area contributed by atoms with E-state index in [1.54, 1.807) is 12.1 Å². The Morgan fingerprint density at radius 3 is 2.15 bits per heavy atom. The number of halogens is 7. The number of carbonyl (C=O) groups is 1. The largest absolute Gasteiger partial charge is 0.497 e. The van der Waals surface area contributed by atoms with E-state index in [1.165, 1.54) is 24.6 Å². The standard InChI is InChI=1S/C19H12F7N3O4S/c1-7(34-17-18(31)33-28-29(17)8-3-5-9(32-2)6-4-8)16(30)27-15-13(22)11(20)10(19(24,25)26)12(21)14(15)23/h3-7H,1-2H3,(H-,27,28,30,31)/p+1. The molecule has 0 radical (unpaired) electrons. The molecule has 1 unspecified atom stereocenters. The van der Waals surface area contributed by atoms with Gasteiger partial charge in [-0.05, 0) is 40.8 Å². The number of methoxy groups -OCH3 is 1. The van der Waals surface area contributed by atoms with E-state index in [9.17, 15) is 40.3 Å². The van der Waals surface area contributed by atoms with E-state index in [4.69, 9.17) is 9.26 Å². The summed E-state index contributed by atoms with van der Waals surface area (Å²) >= 11 is 0.533. The van der Waals surface area contributed by atoms with Crippen molar-refractivity contribution in [1.29, 1.82) is 0 Å². The van der Waals surface area contributed by atoms with Crippen molar-refractivity contribution in [2.75, 3.05) is 12.4 Å². The molecule has 3 rings (SSSR count). The third-order valence-electron chi connectivity index (χ3n) is 4.39. The van der Waals surface area contributed by atoms with Crippen LogP contribution < -0.4 is 20.4 Å². The van der Waals surface area contributed by atoms with Gasteiger partial charge in [-0.3, -0.25) is 9.32 Å². The zero-order chi connectivity index (χ0) is 25.4. The number of thioether (sulfide) groups is 1. The fourth-order valence-electron chi connectivity index (χ4n) is 2.70. The number of aromatic amines is 1. The summed E-state index contributed by atoms with van der Waals surface area (Å²) in [5.74, 6) is -11.1. The lowest BCUT2D eigenvalue weighted by atomic mass is 10.1. The van der Waals surface area contributed by atoms with Crippen LogP contribution in [-0.4, -0.2) is 23.5 Å². The molecular formula is C19H13F7N3O4S+. The second kappa shape index (κ2) is 9.40. The minimum Gasteiger partial charge on any atom is -0.497 e. The number of benzene rings is 2. The van der Waals surface area contributed by atoms with Gasteiger partial charge in [0.2, 0.25) is 11.6 Å². The van der Waals surface area contributed by atoms with Crippen molar-refractivity contribution in [1.82, 2.24) is 5.27 Å². The van der Waals surface area contributed by atoms with Crippen molar-refractivity contribution in [3.8, 4) is 11.4 Å². The van der Waals surface area contributed by atoms with Gasteiger partial charge in [0.25, 0.3) is 0 Å². The van der Waals surface area contributed by atoms with Crippen LogP contribution >= 0.6 is 11.8 Å². The van der Waals surface area contributed by atoms with Crippen molar-refractivity contribution in [2.45, 2.75) is 23.4 Å². The summed E-state index contributed by atoms with van der Waals surface area (Å²) in [6, 6.07) is 6.16. The van der Waals surface area contributed by atoms with Crippen LogP contribution in [-0.2, 0) is 11.0 Å². The number of hydrogen-bond acceptors (Lipinski definition) is 5. The van der Waals surface area contributed by atoms with Gasteiger partial charge in [0.1, 0.15) is 17.0 Å². The van der Waals surface area contributed by atoms with Gasteiger partial charge in [-0.2, -0.15) is 13.2 Å². The number of ether oxygens (including phenoxy) is 1. The third-order valence-corrected chi connectivity index (χ3v) is 5.53. The maximum absolute atomic E-state index is 14.1. The molecular weight excluding hydrogens is 499 g/mol. The van der Waals surface area contributed by atoms with E-state index >= 15 is 0 Å². The third kappa shape index (κ3) is 4.73. The normalized spacial score (nSPS) is 12.5. The van der Waals surface area contributed by atoms with Gasteiger partial charge in [-0.1, -0.05) is 0 Å². The molecule has 1 atom stereocenters. The first-order valence-electron chi connectivity index (χ1n) is 9.05. The molecule has 34 heavy (non-hydrogen) atoms. The van der Waals surface area contributed by atoms with Crippen LogP contribution in [0.1, 0.15) is 12.5 Å². The van der Waals surface area contributed by atoms with Crippen molar-refractivity contribution < 1.29 is 49.5 Å². The highest BCUT2D eigenvalue weighted by Gasteiger charge is 2.42. The maximum Gasteiger partial charge on any atom is 0.442 e. The highest BCUT2D eigenvalue weighted by atomic mass is 32.2. The van der Waals surface area contributed by atoms with E-state index < -0.39 is 57.5 Å². The van der Waals surface area contributed by atoms with Crippen LogP contribution in [0.4, 0.5) is 36.4 Å². The average molecular weight is 512 g/mol.